The van der Waals surface area contributed by atoms with Gasteiger partial charge in [0.05, 0.1) is 50.3 Å². The Hall–Kier alpha value is -1.02. The molecule has 8 aliphatic rings. The van der Waals surface area contributed by atoms with Crippen molar-refractivity contribution in [1.82, 2.24) is 0 Å². The molecule has 0 bridgehead atoms. The van der Waals surface area contributed by atoms with Gasteiger partial charge in [0.15, 0.2) is 24.7 Å². The molecule has 0 aromatic heterocycles. The molecule has 7 fully saturated rings. The molecule has 0 aromatic carbocycles. The molecule has 368 valence electrons. The van der Waals surface area contributed by atoms with Crippen molar-refractivity contribution in [3.05, 3.63) is 11.6 Å². The number of rotatable bonds is 12. The Bertz CT molecular complexity index is 1640. The second-order valence-corrected chi connectivity index (χ2v) is 21.0. The molecule has 8 rings (SSSR count). The monoisotopic (exact) mass is 918 g/mol. The van der Waals surface area contributed by atoms with Crippen molar-refractivity contribution >= 4 is 0 Å². The number of ether oxygens (including phenoxy) is 8. The van der Waals surface area contributed by atoms with Crippen LogP contribution in [0.25, 0.3) is 0 Å². The number of hydrogen-bond donors (Lipinski definition) is 11. The standard InChI is InChI=1S/C45H74O19/c1-18(16-58-40-37(55)36(54)34(52)28(15-46)61-40)9-10-45(57-6)19(2)30-27(64-45)13-24-23-8-7-21-11-22(47)12-29(44(21,5)31(23)25(48)14-43(24,30)4)62-42-39(33(51)26(49)17-59-42)63-41-38(56)35(53)32(50)20(3)60-41/h7,18-20,22-42,46-56H,8-17H2,1-6H3. The van der Waals surface area contributed by atoms with Crippen molar-refractivity contribution in [2.45, 2.75) is 196 Å². The summed E-state index contributed by atoms with van der Waals surface area (Å²) in [5.74, 6) is -1.04. The second kappa shape index (κ2) is 18.7. The zero-order chi connectivity index (χ0) is 46.4. The van der Waals surface area contributed by atoms with Crippen LogP contribution in [0.5, 0.6) is 0 Å². The second-order valence-electron chi connectivity index (χ2n) is 21.0. The number of aliphatic hydroxyl groups is 11. The van der Waals surface area contributed by atoms with Crippen molar-refractivity contribution in [2.75, 3.05) is 26.9 Å². The third-order valence-corrected chi connectivity index (χ3v) is 17.3. The quantitative estimate of drug-likeness (QED) is 0.0984. The van der Waals surface area contributed by atoms with Crippen LogP contribution in [0.4, 0.5) is 0 Å². The number of methoxy groups -OCH3 is 1. The molecule has 27 atom stereocenters. The predicted molar refractivity (Wildman–Crippen MR) is 219 cm³/mol. The molecular weight excluding hydrogens is 844 g/mol. The topological polar surface area (TPSA) is 296 Å². The Balaban J connectivity index is 0.966. The highest BCUT2D eigenvalue weighted by Crippen LogP contribution is 2.70. The SMILES string of the molecule is COC1(CCC(C)COC2OC(CO)C(O)C(O)C2O)OC2CC3C4CC=C5CC(O)CC(OC6OCC(O)C(O)C6OC6OC(C)C(O)C(O)C6O)C5(C)C4C(O)CC3(C)C2C1C. The van der Waals surface area contributed by atoms with Crippen LogP contribution in [-0.4, -0.2) is 199 Å². The van der Waals surface area contributed by atoms with Crippen LogP contribution in [0, 0.1) is 46.3 Å². The largest absolute Gasteiger partial charge is 0.394 e. The van der Waals surface area contributed by atoms with Gasteiger partial charge in [-0.1, -0.05) is 39.3 Å². The zero-order valence-electron chi connectivity index (χ0n) is 37.7. The minimum atomic E-state index is -1.68. The van der Waals surface area contributed by atoms with Gasteiger partial charge in [0.1, 0.15) is 61.0 Å². The first kappa shape index (κ1) is 49.4. The van der Waals surface area contributed by atoms with E-state index < -0.39 is 122 Å². The van der Waals surface area contributed by atoms with Crippen molar-refractivity contribution in [2.24, 2.45) is 46.3 Å². The minimum absolute atomic E-state index is 0.0219. The van der Waals surface area contributed by atoms with Crippen LogP contribution in [0.2, 0.25) is 0 Å². The summed E-state index contributed by atoms with van der Waals surface area (Å²) in [6, 6.07) is 0. The number of hydrogen-bond acceptors (Lipinski definition) is 19. The maximum Gasteiger partial charge on any atom is 0.187 e. The molecule has 4 aliphatic carbocycles. The molecule has 64 heavy (non-hydrogen) atoms. The lowest BCUT2D eigenvalue weighted by Gasteiger charge is -2.62. The van der Waals surface area contributed by atoms with Gasteiger partial charge in [0.25, 0.3) is 0 Å². The first-order valence-electron chi connectivity index (χ1n) is 23.4. The van der Waals surface area contributed by atoms with Crippen LogP contribution in [-0.2, 0) is 37.9 Å². The summed E-state index contributed by atoms with van der Waals surface area (Å²) in [4.78, 5) is 0. The van der Waals surface area contributed by atoms with E-state index in [0.29, 0.717) is 32.1 Å². The molecule has 11 N–H and O–H groups in total. The van der Waals surface area contributed by atoms with E-state index in [2.05, 4.69) is 26.8 Å². The van der Waals surface area contributed by atoms with E-state index in [4.69, 9.17) is 37.9 Å². The highest BCUT2D eigenvalue weighted by Gasteiger charge is 2.71. The van der Waals surface area contributed by atoms with Gasteiger partial charge in [0, 0.05) is 31.3 Å². The van der Waals surface area contributed by atoms with Crippen LogP contribution in [0.1, 0.15) is 79.6 Å². The lowest BCUT2D eigenvalue weighted by molar-refractivity contribution is -0.363. The van der Waals surface area contributed by atoms with E-state index in [1.165, 1.54) is 6.92 Å². The number of fused-ring (bicyclic) bond motifs is 7. The van der Waals surface area contributed by atoms with Crippen molar-refractivity contribution in [1.29, 1.82) is 0 Å². The first-order chi connectivity index (χ1) is 30.2. The van der Waals surface area contributed by atoms with Crippen LogP contribution in [0.3, 0.4) is 0 Å². The maximum atomic E-state index is 12.6. The molecule has 3 saturated carbocycles. The lowest BCUT2D eigenvalue weighted by Crippen LogP contribution is -2.64. The van der Waals surface area contributed by atoms with Gasteiger partial charge in [-0.05, 0) is 74.0 Å². The summed E-state index contributed by atoms with van der Waals surface area (Å²) >= 11 is 0. The van der Waals surface area contributed by atoms with E-state index in [9.17, 15) is 56.2 Å². The number of aliphatic hydroxyl groups excluding tert-OH is 11. The number of allylic oxidation sites excluding steroid dienone is 1. The normalized spacial score (nSPS) is 55.5. The van der Waals surface area contributed by atoms with Crippen LogP contribution < -0.4 is 0 Å². The minimum Gasteiger partial charge on any atom is -0.394 e. The summed E-state index contributed by atoms with van der Waals surface area (Å²) in [5, 5.41) is 118. The molecule has 4 saturated heterocycles. The van der Waals surface area contributed by atoms with Gasteiger partial charge in [-0.15, -0.1) is 0 Å². The highest BCUT2D eigenvalue weighted by atomic mass is 16.8. The smallest absolute Gasteiger partial charge is 0.187 e. The highest BCUT2D eigenvalue weighted by molar-refractivity contribution is 5.30. The summed E-state index contributed by atoms with van der Waals surface area (Å²) < 4.78 is 49.1. The Morgan fingerprint density at radius 3 is 2.20 bits per heavy atom. The van der Waals surface area contributed by atoms with E-state index >= 15 is 0 Å². The Morgan fingerprint density at radius 2 is 1.50 bits per heavy atom. The summed E-state index contributed by atoms with van der Waals surface area (Å²) in [6.45, 7) is 9.33. The van der Waals surface area contributed by atoms with Crippen molar-refractivity contribution in [3.8, 4) is 0 Å². The molecule has 19 nitrogen and oxygen atoms in total. The van der Waals surface area contributed by atoms with Crippen LogP contribution in [0.15, 0.2) is 11.6 Å². The molecule has 19 heteroatoms. The molecule has 4 heterocycles. The van der Waals surface area contributed by atoms with E-state index in [1.807, 2.05) is 6.92 Å². The Morgan fingerprint density at radius 1 is 0.797 bits per heavy atom. The van der Waals surface area contributed by atoms with E-state index in [-0.39, 0.29) is 66.7 Å². The Kier molecular flexibility index (Phi) is 14.4. The summed E-state index contributed by atoms with van der Waals surface area (Å²) in [5.41, 5.74) is -0.143. The summed E-state index contributed by atoms with van der Waals surface area (Å²) in [6.07, 6.45) is -16.0. The van der Waals surface area contributed by atoms with E-state index in [1.54, 1.807) is 7.11 Å². The van der Waals surface area contributed by atoms with Gasteiger partial charge in [-0.2, -0.15) is 0 Å². The molecule has 0 amide bonds. The van der Waals surface area contributed by atoms with E-state index in [0.717, 1.165) is 12.0 Å². The van der Waals surface area contributed by atoms with Crippen LogP contribution >= 0.6 is 0 Å². The summed E-state index contributed by atoms with van der Waals surface area (Å²) in [7, 11) is 1.66. The predicted octanol–water partition coefficient (Wildman–Crippen LogP) is -1.60. The first-order valence-corrected chi connectivity index (χ1v) is 23.4. The zero-order valence-corrected chi connectivity index (χ0v) is 37.7. The fourth-order valence-electron chi connectivity index (χ4n) is 13.8. The molecule has 0 spiro atoms. The lowest BCUT2D eigenvalue weighted by atomic mass is 9.45. The molecule has 27 unspecified atom stereocenters. The fraction of sp³-hybridized carbons (Fsp3) is 0.956. The third-order valence-electron chi connectivity index (χ3n) is 17.3. The molecule has 4 aliphatic heterocycles. The van der Waals surface area contributed by atoms with Crippen molar-refractivity contribution < 1.29 is 94.1 Å². The molecule has 0 aromatic rings. The van der Waals surface area contributed by atoms with Crippen molar-refractivity contribution in [3.63, 3.8) is 0 Å². The molecular formula is C45H74O19. The third kappa shape index (κ3) is 8.26. The van der Waals surface area contributed by atoms with Gasteiger partial charge in [0.2, 0.25) is 0 Å². The van der Waals surface area contributed by atoms with Gasteiger partial charge in [-0.3, -0.25) is 0 Å². The maximum absolute atomic E-state index is 12.6. The fourth-order valence-corrected chi connectivity index (χ4v) is 13.8. The van der Waals surface area contributed by atoms with Gasteiger partial charge < -0.3 is 94.1 Å². The Labute approximate surface area is 374 Å². The average molecular weight is 919 g/mol. The van der Waals surface area contributed by atoms with Gasteiger partial charge >= 0.3 is 0 Å². The van der Waals surface area contributed by atoms with Gasteiger partial charge in [-0.25, -0.2) is 0 Å². The molecule has 0 radical (unpaired) electrons. The average Bonchev–Trinajstić information content (AvgIpc) is 3.71.